The zero-order chi connectivity index (χ0) is 45.2. The van der Waals surface area contributed by atoms with E-state index in [1.807, 2.05) is 56.5 Å². The van der Waals surface area contributed by atoms with Crippen molar-refractivity contribution in [2.45, 2.75) is 142 Å². The van der Waals surface area contributed by atoms with Gasteiger partial charge in [0.05, 0.1) is 49.2 Å². The van der Waals surface area contributed by atoms with E-state index in [9.17, 15) is 24.0 Å². The molecule has 2 N–H and O–H groups in total. The molecule has 61 heavy (non-hydrogen) atoms. The van der Waals surface area contributed by atoms with Crippen molar-refractivity contribution < 1.29 is 42.6 Å². The van der Waals surface area contributed by atoms with Crippen molar-refractivity contribution in [1.29, 1.82) is 0 Å². The van der Waals surface area contributed by atoms with Gasteiger partial charge in [-0.25, -0.2) is 14.2 Å². The lowest BCUT2D eigenvalue weighted by molar-refractivity contribution is -0.148. The number of carbonyl (C=O) groups is 5. The van der Waals surface area contributed by atoms with Gasteiger partial charge in [0.1, 0.15) is 16.7 Å². The monoisotopic (exact) mass is 872 g/mol. The van der Waals surface area contributed by atoms with Gasteiger partial charge in [0.2, 0.25) is 23.4 Å². The van der Waals surface area contributed by atoms with Crippen LogP contribution in [-0.4, -0.2) is 132 Å². The Labute approximate surface area is 365 Å². The zero-order valence-electron chi connectivity index (χ0n) is 37.9. The van der Waals surface area contributed by atoms with E-state index in [0.717, 1.165) is 17.0 Å². The number of likely N-dealkylation sites (tertiary alicyclic amines) is 2. The number of carbonyl (C=O) groups excluding carboxylic acids is 5. The van der Waals surface area contributed by atoms with Crippen LogP contribution >= 0.6 is 11.3 Å². The van der Waals surface area contributed by atoms with Gasteiger partial charge in [-0.2, -0.15) is 0 Å². The highest BCUT2D eigenvalue weighted by Gasteiger charge is 2.49. The average Bonchev–Trinajstić information content (AvgIpc) is 4.01. The van der Waals surface area contributed by atoms with Gasteiger partial charge >= 0.3 is 6.09 Å². The van der Waals surface area contributed by atoms with Crippen LogP contribution in [0.1, 0.15) is 104 Å². The third-order valence-electron chi connectivity index (χ3n) is 12.1. The molecule has 0 saturated carbocycles. The molecular formula is C45H69FN6O8S. The molecule has 4 rings (SSSR count). The highest BCUT2D eigenvalue weighted by molar-refractivity contribution is 7.09. The van der Waals surface area contributed by atoms with Crippen LogP contribution in [0.4, 0.5) is 9.18 Å². The van der Waals surface area contributed by atoms with Crippen LogP contribution in [-0.2, 0) is 39.8 Å². The van der Waals surface area contributed by atoms with Crippen molar-refractivity contribution in [2.24, 2.45) is 17.8 Å². The van der Waals surface area contributed by atoms with Crippen LogP contribution in [0.25, 0.3) is 0 Å². The Bertz CT molecular complexity index is 1760. The van der Waals surface area contributed by atoms with E-state index in [4.69, 9.17) is 14.2 Å². The molecule has 0 bridgehead atoms. The number of benzene rings is 1. The van der Waals surface area contributed by atoms with E-state index < -0.39 is 71.8 Å². The Kier molecular flexibility index (Phi) is 17.7. The summed E-state index contributed by atoms with van der Waals surface area (Å²) in [5, 5.41) is 8.56. The lowest BCUT2D eigenvalue weighted by Gasteiger charge is -2.41. The van der Waals surface area contributed by atoms with Crippen LogP contribution in [0.5, 0.6) is 0 Å². The largest absolute Gasteiger partial charge is 0.444 e. The highest BCUT2D eigenvalue weighted by Crippen LogP contribution is 2.32. The SMILES string of the molecule is CC[C@H](C)[C@@H]([C@@H](CC(=O)N1CCC[C@H]1[C@H](OC)[C@@H](C)C(=O)N[C@@H](Cc1ccccc1)c1nccs1)OC)N(C)C(=O)[C@@H](NC(=O)[C@]1(F)CCN(C(=O)OC(C)(C)C)C1)C(C)C. The standard InChI is InChI=1S/C45H69FN6O8S/c1-12-29(4)37(50(9)41(55)36(28(2)3)49-42(56)45(46)20-23-51(27-45)43(57)60-44(6,7)8)34(58-10)26-35(53)52-22-16-19-33(52)38(59-11)30(5)39(54)48-32(40-47-21-24-61-40)25-31-17-14-13-15-18-31/h13-15,17-18,21,24,28-30,32-34,36-38H,12,16,19-20,22-23,25-27H2,1-11H3,(H,48,54)(H,49,56)/t29-,30+,32-,33-,34+,36-,37-,38+,45-/m0/s1. The van der Waals surface area contributed by atoms with Gasteiger partial charge < -0.3 is 39.5 Å². The van der Waals surface area contributed by atoms with Crippen LogP contribution in [0.3, 0.4) is 0 Å². The number of methoxy groups -OCH3 is 2. The molecular weight excluding hydrogens is 804 g/mol. The second-order valence-electron chi connectivity index (χ2n) is 18.0. The Morgan fingerprint density at radius 2 is 1.72 bits per heavy atom. The predicted molar refractivity (Wildman–Crippen MR) is 232 cm³/mol. The molecule has 1 aromatic carbocycles. The summed E-state index contributed by atoms with van der Waals surface area (Å²) in [5.74, 6) is -2.96. The maximum atomic E-state index is 16.2. The fourth-order valence-corrected chi connectivity index (χ4v) is 9.20. The number of rotatable bonds is 19. The Morgan fingerprint density at radius 3 is 2.30 bits per heavy atom. The molecule has 0 spiro atoms. The lowest BCUT2D eigenvalue weighted by Crippen LogP contribution is -2.60. The highest BCUT2D eigenvalue weighted by atomic mass is 32.1. The maximum Gasteiger partial charge on any atom is 0.410 e. The molecule has 5 amide bonds. The summed E-state index contributed by atoms with van der Waals surface area (Å²) < 4.78 is 33.6. The zero-order valence-corrected chi connectivity index (χ0v) is 38.8. The van der Waals surface area contributed by atoms with Crippen molar-refractivity contribution >= 4 is 41.1 Å². The Balaban J connectivity index is 1.46. The number of thiazole rings is 1. The molecule has 2 aliphatic rings. The molecule has 2 aromatic rings. The fraction of sp³-hybridized carbons (Fsp3) is 0.689. The van der Waals surface area contributed by atoms with E-state index >= 15 is 4.39 Å². The molecule has 0 aliphatic carbocycles. The average molecular weight is 873 g/mol. The number of amides is 5. The summed E-state index contributed by atoms with van der Waals surface area (Å²) in [6, 6.07) is 7.52. The smallest absolute Gasteiger partial charge is 0.410 e. The van der Waals surface area contributed by atoms with Crippen molar-refractivity contribution in [2.75, 3.05) is 40.9 Å². The Hall–Kier alpha value is -4.15. The molecule has 340 valence electrons. The van der Waals surface area contributed by atoms with Gasteiger partial charge in [-0.05, 0) is 57.4 Å². The molecule has 2 aliphatic heterocycles. The topological polar surface area (TPSA) is 160 Å². The summed E-state index contributed by atoms with van der Waals surface area (Å²) in [5.41, 5.74) is -2.12. The summed E-state index contributed by atoms with van der Waals surface area (Å²) >= 11 is 1.48. The minimum Gasteiger partial charge on any atom is -0.444 e. The fourth-order valence-electron chi connectivity index (χ4n) is 8.51. The maximum absolute atomic E-state index is 16.2. The van der Waals surface area contributed by atoms with Crippen molar-refractivity contribution in [3.05, 3.63) is 52.5 Å². The van der Waals surface area contributed by atoms with Gasteiger partial charge in [0.25, 0.3) is 5.91 Å². The minimum absolute atomic E-state index is 0.00367. The number of alkyl halides is 1. The van der Waals surface area contributed by atoms with Gasteiger partial charge in [-0.1, -0.05) is 71.4 Å². The number of nitrogens with one attached hydrogen (secondary N) is 2. The molecule has 0 radical (unpaired) electrons. The molecule has 2 fully saturated rings. The predicted octanol–water partition coefficient (Wildman–Crippen LogP) is 5.95. The number of hydrogen-bond donors (Lipinski definition) is 2. The number of halogens is 1. The molecule has 16 heteroatoms. The number of ether oxygens (including phenoxy) is 3. The van der Waals surface area contributed by atoms with Crippen LogP contribution in [0, 0.1) is 17.8 Å². The normalized spacial score (nSPS) is 21.6. The van der Waals surface area contributed by atoms with Gasteiger partial charge in [0, 0.05) is 52.4 Å². The van der Waals surface area contributed by atoms with E-state index in [-0.39, 0.29) is 49.2 Å². The first-order chi connectivity index (χ1) is 28.7. The van der Waals surface area contributed by atoms with Gasteiger partial charge in [-0.3, -0.25) is 19.2 Å². The van der Waals surface area contributed by atoms with Crippen molar-refractivity contribution in [3.8, 4) is 0 Å². The van der Waals surface area contributed by atoms with E-state index in [0.29, 0.717) is 25.8 Å². The van der Waals surface area contributed by atoms with Gasteiger partial charge in [-0.15, -0.1) is 11.3 Å². The molecule has 0 unspecified atom stereocenters. The third kappa shape index (κ3) is 12.7. The molecule has 2 saturated heterocycles. The van der Waals surface area contributed by atoms with Crippen LogP contribution < -0.4 is 10.6 Å². The summed E-state index contributed by atoms with van der Waals surface area (Å²) in [6.45, 7) is 14.4. The van der Waals surface area contributed by atoms with E-state index in [1.54, 1.807) is 59.9 Å². The summed E-state index contributed by atoms with van der Waals surface area (Å²) in [4.78, 5) is 77.8. The summed E-state index contributed by atoms with van der Waals surface area (Å²) in [6.07, 6.45) is 2.00. The van der Waals surface area contributed by atoms with Crippen molar-refractivity contribution in [1.82, 2.24) is 30.3 Å². The minimum atomic E-state index is -2.41. The molecule has 9 atom stereocenters. The lowest BCUT2D eigenvalue weighted by atomic mass is 9.89. The third-order valence-corrected chi connectivity index (χ3v) is 13.0. The second kappa shape index (κ2) is 21.8. The number of nitrogens with zero attached hydrogens (tertiary/aromatic N) is 4. The number of hydrogen-bond acceptors (Lipinski definition) is 10. The molecule has 1 aromatic heterocycles. The number of likely N-dealkylation sites (N-methyl/N-ethyl adjacent to an activating group) is 1. The van der Waals surface area contributed by atoms with Crippen LogP contribution in [0.15, 0.2) is 41.9 Å². The van der Waals surface area contributed by atoms with E-state index in [2.05, 4.69) is 15.6 Å². The van der Waals surface area contributed by atoms with Gasteiger partial charge in [0.15, 0.2) is 0 Å². The molecule has 3 heterocycles. The first-order valence-electron chi connectivity index (χ1n) is 21.6. The van der Waals surface area contributed by atoms with Crippen molar-refractivity contribution in [3.63, 3.8) is 0 Å². The quantitative estimate of drug-likeness (QED) is 0.174. The van der Waals surface area contributed by atoms with Crippen LogP contribution in [0.2, 0.25) is 0 Å². The second-order valence-corrected chi connectivity index (χ2v) is 18.9. The summed E-state index contributed by atoms with van der Waals surface area (Å²) in [7, 11) is 4.70. The molecule has 14 nitrogen and oxygen atoms in total. The number of aromatic nitrogens is 1. The first-order valence-corrected chi connectivity index (χ1v) is 22.5. The van der Waals surface area contributed by atoms with E-state index in [1.165, 1.54) is 28.2 Å². The first kappa shape index (κ1) is 49.5. The Morgan fingerprint density at radius 1 is 1.03 bits per heavy atom.